The lowest BCUT2D eigenvalue weighted by atomic mass is 10.2. The number of halogens is 2. The number of nitrogens with zero attached hydrogens (tertiary/aromatic N) is 2. The van der Waals surface area contributed by atoms with E-state index in [1.807, 2.05) is 60.7 Å². The lowest BCUT2D eigenvalue weighted by Gasteiger charge is -2.23. The number of carbonyl (C=O) groups excluding carboxylic acids is 2. The number of aromatic nitrogens is 1. The molecule has 4 aromatic rings. The lowest BCUT2D eigenvalue weighted by molar-refractivity contribution is 0.0946. The average Bonchev–Trinajstić information content (AvgIpc) is 3.34. The van der Waals surface area contributed by atoms with Crippen LogP contribution in [0.2, 0.25) is 10.0 Å². The highest BCUT2D eigenvalue weighted by molar-refractivity contribution is 7.09. The van der Waals surface area contributed by atoms with E-state index in [4.69, 9.17) is 23.2 Å². The van der Waals surface area contributed by atoms with E-state index >= 15 is 0 Å². The van der Waals surface area contributed by atoms with E-state index in [-0.39, 0.29) is 18.5 Å². The molecule has 178 valence electrons. The lowest BCUT2D eigenvalue weighted by Crippen LogP contribution is -2.34. The van der Waals surface area contributed by atoms with Crippen molar-refractivity contribution in [2.24, 2.45) is 0 Å². The molecule has 35 heavy (non-hydrogen) atoms. The van der Waals surface area contributed by atoms with Crippen molar-refractivity contribution in [2.45, 2.75) is 19.6 Å². The zero-order chi connectivity index (χ0) is 24.6. The number of hydrogen-bond donors (Lipinski definition) is 2. The minimum Gasteiger partial charge on any atom is -0.347 e. The molecule has 0 unspecified atom stereocenters. The number of para-hydroxylation sites is 1. The molecule has 3 aromatic carbocycles. The van der Waals surface area contributed by atoms with Crippen molar-refractivity contribution < 1.29 is 9.59 Å². The van der Waals surface area contributed by atoms with Crippen LogP contribution in [0.25, 0.3) is 0 Å². The van der Waals surface area contributed by atoms with Crippen molar-refractivity contribution in [3.8, 4) is 0 Å². The summed E-state index contributed by atoms with van der Waals surface area (Å²) in [5.41, 5.74) is 2.61. The fourth-order valence-corrected chi connectivity index (χ4v) is 4.61. The Hall–Kier alpha value is -3.39. The third kappa shape index (κ3) is 6.82. The van der Waals surface area contributed by atoms with Gasteiger partial charge in [-0.25, -0.2) is 9.78 Å². The van der Waals surface area contributed by atoms with Gasteiger partial charge >= 0.3 is 6.03 Å². The monoisotopic (exact) mass is 524 g/mol. The molecule has 0 fully saturated rings. The second kappa shape index (κ2) is 11.8. The van der Waals surface area contributed by atoms with Gasteiger partial charge < -0.3 is 15.5 Å². The van der Waals surface area contributed by atoms with Crippen LogP contribution < -0.4 is 10.6 Å². The van der Waals surface area contributed by atoms with E-state index in [0.717, 1.165) is 11.1 Å². The normalized spacial score (nSPS) is 10.6. The highest BCUT2D eigenvalue weighted by Crippen LogP contribution is 2.30. The van der Waals surface area contributed by atoms with Gasteiger partial charge in [0.15, 0.2) is 0 Å². The molecule has 0 bridgehead atoms. The van der Waals surface area contributed by atoms with Gasteiger partial charge in [-0.2, -0.15) is 0 Å². The molecule has 1 aromatic heterocycles. The van der Waals surface area contributed by atoms with Gasteiger partial charge in [-0.3, -0.25) is 4.79 Å². The fraction of sp³-hybridized carbons (Fsp3) is 0.115. The van der Waals surface area contributed by atoms with Gasteiger partial charge in [-0.1, -0.05) is 89.9 Å². The number of rotatable bonds is 8. The van der Waals surface area contributed by atoms with Crippen molar-refractivity contribution in [1.29, 1.82) is 0 Å². The summed E-state index contributed by atoms with van der Waals surface area (Å²) in [5.74, 6) is -0.265. The Labute approximate surface area is 217 Å². The summed E-state index contributed by atoms with van der Waals surface area (Å²) in [5, 5.41) is 8.69. The number of benzene rings is 3. The molecule has 0 saturated heterocycles. The third-order valence-corrected chi connectivity index (χ3v) is 6.57. The van der Waals surface area contributed by atoms with Crippen molar-refractivity contribution in [1.82, 2.24) is 15.2 Å². The van der Waals surface area contributed by atoms with Gasteiger partial charge in [0, 0.05) is 18.5 Å². The van der Waals surface area contributed by atoms with Crippen LogP contribution in [0.3, 0.4) is 0 Å². The van der Waals surface area contributed by atoms with E-state index in [9.17, 15) is 9.59 Å². The molecule has 0 atom stereocenters. The van der Waals surface area contributed by atoms with Crippen molar-refractivity contribution in [2.75, 3.05) is 5.32 Å². The van der Waals surface area contributed by atoms with Crippen LogP contribution in [0.15, 0.2) is 84.2 Å². The van der Waals surface area contributed by atoms with E-state index in [0.29, 0.717) is 39.5 Å². The van der Waals surface area contributed by atoms with E-state index < -0.39 is 0 Å². The number of anilines is 1. The Morgan fingerprint density at radius 2 is 1.46 bits per heavy atom. The van der Waals surface area contributed by atoms with E-state index in [1.54, 1.807) is 28.5 Å². The topological polar surface area (TPSA) is 74.3 Å². The highest BCUT2D eigenvalue weighted by atomic mass is 35.5. The zero-order valence-electron chi connectivity index (χ0n) is 18.6. The molecule has 0 aliphatic carbocycles. The maximum atomic E-state index is 13.2. The van der Waals surface area contributed by atoms with Crippen LogP contribution >= 0.6 is 34.5 Å². The summed E-state index contributed by atoms with van der Waals surface area (Å²) >= 11 is 13.8. The number of urea groups is 1. The minimum absolute atomic E-state index is 0.208. The van der Waals surface area contributed by atoms with Crippen LogP contribution in [-0.2, 0) is 19.6 Å². The maximum absolute atomic E-state index is 13.2. The first-order valence-electron chi connectivity index (χ1n) is 10.8. The van der Waals surface area contributed by atoms with Crippen molar-refractivity contribution >= 4 is 52.2 Å². The van der Waals surface area contributed by atoms with Crippen LogP contribution in [0.1, 0.15) is 26.6 Å². The summed E-state index contributed by atoms with van der Waals surface area (Å²) in [6.45, 7) is 0.955. The van der Waals surface area contributed by atoms with Crippen molar-refractivity contribution in [3.05, 3.63) is 116 Å². The Kier molecular flexibility index (Phi) is 8.36. The first-order valence-corrected chi connectivity index (χ1v) is 12.4. The number of amides is 3. The minimum atomic E-state index is -0.380. The molecule has 3 amide bonds. The van der Waals surface area contributed by atoms with E-state index in [1.165, 1.54) is 11.3 Å². The highest BCUT2D eigenvalue weighted by Gasteiger charge is 2.20. The molecule has 9 heteroatoms. The largest absolute Gasteiger partial charge is 0.347 e. The van der Waals surface area contributed by atoms with Crippen LogP contribution in [0.5, 0.6) is 0 Å². The maximum Gasteiger partial charge on any atom is 0.322 e. The number of thiazole rings is 1. The van der Waals surface area contributed by atoms with Gasteiger partial charge in [0.1, 0.15) is 10.7 Å². The predicted molar refractivity (Wildman–Crippen MR) is 141 cm³/mol. The van der Waals surface area contributed by atoms with Crippen LogP contribution in [0.4, 0.5) is 10.5 Å². The van der Waals surface area contributed by atoms with Gasteiger partial charge in [-0.15, -0.1) is 11.3 Å². The fourth-order valence-electron chi connectivity index (χ4n) is 3.33. The number of hydrogen-bond acceptors (Lipinski definition) is 4. The Bertz CT molecular complexity index is 1280. The standard InChI is InChI=1S/C26H22Cl2N4O2S/c27-20-12-7-13-21(28)24(20)31-26(34)32(15-19-10-5-2-6-11-19)16-23-30-22(17-35-23)25(33)29-14-18-8-3-1-4-9-18/h1-13,17H,14-16H2,(H,29,33)(H,31,34). The summed E-state index contributed by atoms with van der Waals surface area (Å²) in [4.78, 5) is 31.8. The Morgan fingerprint density at radius 1 is 0.829 bits per heavy atom. The number of nitrogens with one attached hydrogen (secondary N) is 2. The smallest absolute Gasteiger partial charge is 0.322 e. The van der Waals surface area contributed by atoms with Gasteiger partial charge in [0.2, 0.25) is 0 Å². The third-order valence-electron chi connectivity index (χ3n) is 5.10. The molecule has 0 aliphatic heterocycles. The molecule has 0 spiro atoms. The summed E-state index contributed by atoms with van der Waals surface area (Å²) in [6, 6.07) is 23.9. The molecular formula is C26H22Cl2N4O2S. The zero-order valence-corrected chi connectivity index (χ0v) is 20.9. The number of carbonyl (C=O) groups is 2. The second-order valence-corrected chi connectivity index (χ2v) is 9.42. The molecule has 4 rings (SSSR count). The first kappa shape index (κ1) is 24.7. The quantitative estimate of drug-likeness (QED) is 0.272. The van der Waals surface area contributed by atoms with Gasteiger partial charge in [0.05, 0.1) is 22.3 Å². The van der Waals surface area contributed by atoms with Crippen LogP contribution in [-0.4, -0.2) is 21.8 Å². The molecule has 6 nitrogen and oxygen atoms in total. The summed E-state index contributed by atoms with van der Waals surface area (Å²) in [7, 11) is 0. The molecule has 1 heterocycles. The molecule has 2 N–H and O–H groups in total. The van der Waals surface area contributed by atoms with Gasteiger partial charge in [0.25, 0.3) is 5.91 Å². The predicted octanol–water partition coefficient (Wildman–Crippen LogP) is 6.61. The van der Waals surface area contributed by atoms with Crippen LogP contribution in [0, 0.1) is 0 Å². The van der Waals surface area contributed by atoms with E-state index in [2.05, 4.69) is 15.6 Å². The second-order valence-electron chi connectivity index (χ2n) is 7.66. The van der Waals surface area contributed by atoms with Gasteiger partial charge in [-0.05, 0) is 23.3 Å². The average molecular weight is 525 g/mol. The first-order chi connectivity index (χ1) is 17.0. The Balaban J connectivity index is 1.47. The Morgan fingerprint density at radius 3 is 2.11 bits per heavy atom. The summed E-state index contributed by atoms with van der Waals surface area (Å²) < 4.78 is 0. The summed E-state index contributed by atoms with van der Waals surface area (Å²) in [6.07, 6.45) is 0. The van der Waals surface area contributed by atoms with Crippen molar-refractivity contribution in [3.63, 3.8) is 0 Å². The SMILES string of the molecule is O=C(NCc1ccccc1)c1csc(CN(Cc2ccccc2)C(=O)Nc2c(Cl)cccc2Cl)n1. The molecule has 0 saturated carbocycles. The molecule has 0 radical (unpaired) electrons. The molecule has 0 aliphatic rings. The molecular weight excluding hydrogens is 503 g/mol.